The highest BCUT2D eigenvalue weighted by atomic mass is 16.3. The Morgan fingerprint density at radius 1 is 0.163 bits per heavy atom. The zero-order chi connectivity index (χ0) is 68.6. The van der Waals surface area contributed by atoms with E-state index in [9.17, 15) is 0 Å². The van der Waals surface area contributed by atoms with Gasteiger partial charge in [-0.25, -0.2) is 29.9 Å². The molecule has 0 saturated carbocycles. The lowest BCUT2D eigenvalue weighted by molar-refractivity contribution is 0.669. The maximum atomic E-state index is 7.24. The lowest BCUT2D eigenvalue weighted by Crippen LogP contribution is -2.01. The lowest BCUT2D eigenvalue weighted by Gasteiger charge is -2.15. The molecule has 4 heterocycles. The molecule has 0 aliphatic rings. The van der Waals surface area contributed by atoms with Gasteiger partial charge in [-0.15, -0.1) is 0 Å². The third kappa shape index (κ3) is 10.6. The van der Waals surface area contributed by atoms with Crippen LogP contribution in [0.5, 0.6) is 0 Å². The van der Waals surface area contributed by atoms with E-state index >= 15 is 0 Å². The van der Waals surface area contributed by atoms with Gasteiger partial charge in [0.25, 0.3) is 0 Å². The van der Waals surface area contributed by atoms with Crippen LogP contribution in [0.4, 0.5) is 0 Å². The second-order valence-electron chi connectivity index (χ2n) is 26.4. The molecule has 0 N–H and O–H groups in total. The van der Waals surface area contributed by atoms with Gasteiger partial charge >= 0.3 is 0 Å². The summed E-state index contributed by atoms with van der Waals surface area (Å²) in [5.74, 6) is 3.47. The van der Waals surface area contributed by atoms with Gasteiger partial charge in [0.2, 0.25) is 0 Å². The fraction of sp³-hybridized carbons (Fsp3) is 0. The van der Waals surface area contributed by atoms with Crippen molar-refractivity contribution in [2.45, 2.75) is 0 Å². The first-order valence-electron chi connectivity index (χ1n) is 35.0. The molecular formula is C96H58N6O2. The van der Waals surface area contributed by atoms with Gasteiger partial charge in [0.1, 0.15) is 22.3 Å². The minimum atomic E-state index is 0.567. The van der Waals surface area contributed by atoms with Crippen molar-refractivity contribution in [2.75, 3.05) is 0 Å². The summed E-state index contributed by atoms with van der Waals surface area (Å²) in [5, 5.41) is 10.8. The molecule has 20 aromatic rings. The number of hydrogen-bond acceptors (Lipinski definition) is 8. The van der Waals surface area contributed by atoms with Crippen molar-refractivity contribution >= 4 is 76.2 Å². The summed E-state index contributed by atoms with van der Waals surface area (Å²) in [5.41, 5.74) is 21.4. The minimum absolute atomic E-state index is 0.567. The minimum Gasteiger partial charge on any atom is -0.456 e. The van der Waals surface area contributed by atoms with E-state index in [2.05, 4.69) is 315 Å². The Bertz CT molecular complexity index is 6740. The molecule has 16 aromatic carbocycles. The third-order valence-corrected chi connectivity index (χ3v) is 20.2. The smallest absolute Gasteiger partial charge is 0.164 e. The van der Waals surface area contributed by atoms with Crippen molar-refractivity contribution in [1.82, 2.24) is 29.9 Å². The Morgan fingerprint density at radius 2 is 0.519 bits per heavy atom. The average Bonchev–Trinajstić information content (AvgIpc) is 1.45. The maximum absolute atomic E-state index is 7.24. The van der Waals surface area contributed by atoms with Gasteiger partial charge in [-0.3, -0.25) is 0 Å². The van der Waals surface area contributed by atoms with E-state index in [0.717, 1.165) is 171 Å². The number of aromatic nitrogens is 6. The summed E-state index contributed by atoms with van der Waals surface area (Å²) < 4.78 is 13.7. The number of rotatable bonds is 12. The van der Waals surface area contributed by atoms with Crippen LogP contribution in [0.25, 0.3) is 211 Å². The molecule has 0 saturated heterocycles. The SMILES string of the molecule is c1ccc(-c2ccc(-c3nc(-c4ccc(-c5ccc(-c6ccc7c(-c8nc(-c9ccccc9)nc(-c9ccc(-c%10cccc%11oc%12cc%13ccccc%13cc%12c%10%11)cc9)n8)ccc(-c8ccccc8)c7c6)c6oc7cc8ccccc8cc7c56)cc4)nc(-c4ccccc4-c4ccccc4)n3)cc2)cc1. The predicted molar refractivity (Wildman–Crippen MR) is 426 cm³/mol. The van der Waals surface area contributed by atoms with E-state index in [-0.39, 0.29) is 0 Å². The highest BCUT2D eigenvalue weighted by Crippen LogP contribution is 2.47. The lowest BCUT2D eigenvalue weighted by atomic mass is 9.90. The van der Waals surface area contributed by atoms with Crippen LogP contribution in [-0.4, -0.2) is 29.9 Å². The van der Waals surface area contributed by atoms with Crippen LogP contribution < -0.4 is 0 Å². The van der Waals surface area contributed by atoms with E-state index in [4.69, 9.17) is 38.7 Å². The first-order chi connectivity index (χ1) is 51.5. The summed E-state index contributed by atoms with van der Waals surface area (Å²) in [6.45, 7) is 0. The molecule has 0 radical (unpaired) electrons. The molecule has 20 rings (SSSR count). The zero-order valence-corrected chi connectivity index (χ0v) is 56.0. The molecular weight excluding hydrogens is 1270 g/mol. The molecule has 0 bridgehead atoms. The van der Waals surface area contributed by atoms with E-state index < -0.39 is 0 Å². The molecule has 0 spiro atoms. The molecule has 0 aliphatic carbocycles. The van der Waals surface area contributed by atoms with Crippen LogP contribution in [0.15, 0.2) is 361 Å². The van der Waals surface area contributed by atoms with Crippen LogP contribution in [0.1, 0.15) is 0 Å². The normalized spacial score (nSPS) is 11.7. The predicted octanol–water partition coefficient (Wildman–Crippen LogP) is 25.3. The number of furan rings is 2. The summed E-state index contributed by atoms with van der Waals surface area (Å²) in [7, 11) is 0. The number of hydrogen-bond donors (Lipinski definition) is 0. The van der Waals surface area contributed by atoms with Crippen LogP contribution in [0.3, 0.4) is 0 Å². The van der Waals surface area contributed by atoms with Crippen LogP contribution >= 0.6 is 0 Å². The number of fused-ring (bicyclic) bond motifs is 9. The Kier molecular flexibility index (Phi) is 14.4. The Morgan fingerprint density at radius 3 is 1.09 bits per heavy atom. The van der Waals surface area contributed by atoms with Crippen molar-refractivity contribution < 1.29 is 8.83 Å². The molecule has 0 aliphatic heterocycles. The van der Waals surface area contributed by atoms with E-state index in [1.165, 1.54) is 5.39 Å². The van der Waals surface area contributed by atoms with E-state index in [0.29, 0.717) is 34.9 Å². The Balaban J connectivity index is 0.706. The van der Waals surface area contributed by atoms with Crippen LogP contribution in [0.2, 0.25) is 0 Å². The first kappa shape index (κ1) is 59.9. The number of benzene rings is 16. The highest BCUT2D eigenvalue weighted by Gasteiger charge is 2.24. The maximum Gasteiger partial charge on any atom is 0.164 e. The second kappa shape index (κ2) is 25.0. The molecule has 0 fully saturated rings. The van der Waals surface area contributed by atoms with Crippen molar-refractivity contribution in [3.63, 3.8) is 0 Å². The fourth-order valence-corrected chi connectivity index (χ4v) is 15.0. The van der Waals surface area contributed by atoms with Crippen molar-refractivity contribution in [3.8, 4) is 135 Å². The molecule has 104 heavy (non-hydrogen) atoms. The van der Waals surface area contributed by atoms with Crippen molar-refractivity contribution in [3.05, 3.63) is 352 Å². The molecule has 8 heteroatoms. The van der Waals surface area contributed by atoms with Crippen molar-refractivity contribution in [2.24, 2.45) is 0 Å². The molecule has 484 valence electrons. The van der Waals surface area contributed by atoms with E-state index in [1.54, 1.807) is 0 Å². The van der Waals surface area contributed by atoms with Gasteiger partial charge in [-0.05, 0) is 142 Å². The quantitative estimate of drug-likeness (QED) is 0.119. The zero-order valence-electron chi connectivity index (χ0n) is 56.0. The van der Waals surface area contributed by atoms with Crippen LogP contribution in [-0.2, 0) is 0 Å². The van der Waals surface area contributed by atoms with Gasteiger partial charge in [-0.2, -0.15) is 0 Å². The van der Waals surface area contributed by atoms with Gasteiger partial charge < -0.3 is 8.83 Å². The monoisotopic (exact) mass is 1330 g/mol. The number of nitrogens with zero attached hydrogens (tertiary/aromatic N) is 6. The molecule has 4 aromatic heterocycles. The van der Waals surface area contributed by atoms with Crippen LogP contribution in [0, 0.1) is 0 Å². The summed E-state index contributed by atoms with van der Waals surface area (Å²) in [6.07, 6.45) is 0. The standard InChI is InChI=1S/C96H58N6O2/c1-5-20-59(21-6-1)60-36-42-66(43-37-60)92-98-94(101-95(100-92)80-33-18-17-32-74(80)61-22-7-2-8-23-61)68-46-40-64(41-47-68)77-51-52-78(90-89(77)84-55-70-29-14-16-31-72(70)58-87(84)104-90)73-48-49-79-81(53-50-75(82(79)56-73)62-24-9-3-10-25-62)96-99-91(65-26-11-4-12-27-65)97-93(102-96)67-44-38-63(39-45-67)76-34-19-35-85-88(76)83-54-69-28-13-15-30-71(69)57-86(83)103-85/h1-58H. The topological polar surface area (TPSA) is 104 Å². The first-order valence-corrected chi connectivity index (χ1v) is 35.0. The van der Waals surface area contributed by atoms with Gasteiger partial charge in [-0.1, -0.05) is 303 Å². The summed E-state index contributed by atoms with van der Waals surface area (Å²) in [4.78, 5) is 31.7. The van der Waals surface area contributed by atoms with Gasteiger partial charge in [0.15, 0.2) is 34.9 Å². The molecule has 0 amide bonds. The third-order valence-electron chi connectivity index (χ3n) is 20.2. The largest absolute Gasteiger partial charge is 0.456 e. The Labute approximate surface area is 598 Å². The van der Waals surface area contributed by atoms with E-state index in [1.807, 2.05) is 36.4 Å². The molecule has 0 unspecified atom stereocenters. The highest BCUT2D eigenvalue weighted by molar-refractivity contribution is 6.20. The fourth-order valence-electron chi connectivity index (χ4n) is 15.0. The molecule has 8 nitrogen and oxygen atoms in total. The molecule has 0 atom stereocenters. The average molecular weight is 1330 g/mol. The summed E-state index contributed by atoms with van der Waals surface area (Å²) >= 11 is 0. The van der Waals surface area contributed by atoms with Gasteiger partial charge in [0, 0.05) is 60.5 Å². The van der Waals surface area contributed by atoms with Crippen molar-refractivity contribution in [1.29, 1.82) is 0 Å². The summed E-state index contributed by atoms with van der Waals surface area (Å²) in [6, 6.07) is 123. The Hall–Kier alpha value is -14.1. The second-order valence-corrected chi connectivity index (χ2v) is 26.4. The van der Waals surface area contributed by atoms with Gasteiger partial charge in [0.05, 0.1) is 0 Å².